The fourth-order valence-electron chi connectivity index (χ4n) is 2.93. The summed E-state index contributed by atoms with van der Waals surface area (Å²) in [6.45, 7) is 1.85. The molecule has 0 aromatic carbocycles. The predicted molar refractivity (Wildman–Crippen MR) is 81.1 cm³/mol. The highest BCUT2D eigenvalue weighted by atomic mass is 16.3. The summed E-state index contributed by atoms with van der Waals surface area (Å²) in [5, 5.41) is 21.0. The average Bonchev–Trinajstić information content (AvgIpc) is 3.21. The summed E-state index contributed by atoms with van der Waals surface area (Å²) < 4.78 is 5.26. The number of likely N-dealkylation sites (N-methyl/N-ethyl adjacent to an activating group) is 1. The molecule has 0 bridgehead atoms. The van der Waals surface area contributed by atoms with Crippen LogP contribution in [-0.2, 0) is 16.9 Å². The van der Waals surface area contributed by atoms with Gasteiger partial charge in [-0.1, -0.05) is 0 Å². The first-order chi connectivity index (χ1) is 11.1. The van der Waals surface area contributed by atoms with Gasteiger partial charge < -0.3 is 14.4 Å². The lowest BCUT2D eigenvalue weighted by Crippen LogP contribution is -2.49. The first-order valence-electron chi connectivity index (χ1n) is 7.64. The Bertz CT molecular complexity index is 628. The monoisotopic (exact) mass is 319 g/mol. The van der Waals surface area contributed by atoms with Crippen LogP contribution in [0.3, 0.4) is 0 Å². The minimum atomic E-state index is -1.05. The summed E-state index contributed by atoms with van der Waals surface area (Å²) >= 11 is 0. The fraction of sp³-hybridized carbons (Fsp3) is 0.533. The van der Waals surface area contributed by atoms with E-state index in [2.05, 4.69) is 15.4 Å². The summed E-state index contributed by atoms with van der Waals surface area (Å²) in [5.74, 6) is 0.740. The van der Waals surface area contributed by atoms with Gasteiger partial charge in [0, 0.05) is 13.6 Å². The van der Waals surface area contributed by atoms with Crippen molar-refractivity contribution in [1.82, 2.24) is 25.2 Å². The number of aliphatic hydroxyl groups is 1. The van der Waals surface area contributed by atoms with Gasteiger partial charge in [-0.25, -0.2) is 0 Å². The lowest BCUT2D eigenvalue weighted by Gasteiger charge is -2.38. The second-order valence-electron chi connectivity index (χ2n) is 6.03. The van der Waals surface area contributed by atoms with Crippen molar-refractivity contribution in [2.75, 3.05) is 26.7 Å². The Hall–Kier alpha value is -2.19. The maximum atomic E-state index is 12.4. The summed E-state index contributed by atoms with van der Waals surface area (Å²) in [7, 11) is 1.75. The van der Waals surface area contributed by atoms with Crippen molar-refractivity contribution >= 4 is 5.91 Å². The van der Waals surface area contributed by atoms with Crippen LogP contribution in [0.15, 0.2) is 29.0 Å². The molecule has 2 aromatic rings. The molecule has 8 nitrogen and oxygen atoms in total. The molecule has 2 aromatic heterocycles. The van der Waals surface area contributed by atoms with E-state index in [-0.39, 0.29) is 12.5 Å². The van der Waals surface area contributed by atoms with E-state index >= 15 is 0 Å². The zero-order chi connectivity index (χ0) is 16.3. The summed E-state index contributed by atoms with van der Waals surface area (Å²) in [6, 6.07) is 3.64. The SMILES string of the molecule is CN(Cc1ccco1)C(=O)CN1CCC[C@@](O)(c2cn[nH]n2)C1. The van der Waals surface area contributed by atoms with E-state index < -0.39 is 5.60 Å². The number of H-pyrrole nitrogens is 1. The van der Waals surface area contributed by atoms with E-state index in [9.17, 15) is 9.90 Å². The third-order valence-electron chi connectivity index (χ3n) is 4.20. The summed E-state index contributed by atoms with van der Waals surface area (Å²) in [4.78, 5) is 15.9. The molecule has 0 aliphatic carbocycles. The summed E-state index contributed by atoms with van der Waals surface area (Å²) in [5.41, 5.74) is -0.524. The van der Waals surface area contributed by atoms with Crippen LogP contribution < -0.4 is 0 Å². The number of rotatable bonds is 5. The Kier molecular flexibility index (Phi) is 4.44. The van der Waals surface area contributed by atoms with Gasteiger partial charge in [0.2, 0.25) is 5.91 Å². The standard InChI is InChI=1S/C15H21N5O3/c1-19(9-12-4-2-7-23-12)14(21)10-20-6-3-5-15(22,11-20)13-8-16-18-17-13/h2,4,7-8,22H,3,5-6,9-11H2,1H3,(H,16,17,18)/t15-/m0/s1. The van der Waals surface area contributed by atoms with Gasteiger partial charge >= 0.3 is 0 Å². The lowest BCUT2D eigenvalue weighted by atomic mass is 9.90. The van der Waals surface area contributed by atoms with Crippen LogP contribution in [0.2, 0.25) is 0 Å². The molecule has 1 aliphatic heterocycles. The number of nitrogens with one attached hydrogen (secondary N) is 1. The van der Waals surface area contributed by atoms with Crippen LogP contribution in [0, 0.1) is 0 Å². The molecule has 2 N–H and O–H groups in total. The molecule has 1 amide bonds. The van der Waals surface area contributed by atoms with Gasteiger partial charge in [-0.3, -0.25) is 9.69 Å². The number of carbonyl (C=O) groups is 1. The van der Waals surface area contributed by atoms with Gasteiger partial charge in [0.25, 0.3) is 0 Å². The highest BCUT2D eigenvalue weighted by Gasteiger charge is 2.37. The Labute approximate surface area is 134 Å². The first-order valence-corrected chi connectivity index (χ1v) is 7.64. The van der Waals surface area contributed by atoms with Gasteiger partial charge in [0.05, 0.1) is 25.5 Å². The van der Waals surface area contributed by atoms with Gasteiger partial charge in [-0.2, -0.15) is 15.4 Å². The molecule has 23 heavy (non-hydrogen) atoms. The Morgan fingerprint density at radius 3 is 3.17 bits per heavy atom. The third kappa shape index (κ3) is 3.59. The van der Waals surface area contributed by atoms with E-state index in [0.29, 0.717) is 25.2 Å². The fourth-order valence-corrected chi connectivity index (χ4v) is 2.93. The van der Waals surface area contributed by atoms with Crippen molar-refractivity contribution in [1.29, 1.82) is 0 Å². The smallest absolute Gasteiger partial charge is 0.236 e. The largest absolute Gasteiger partial charge is 0.467 e. The van der Waals surface area contributed by atoms with Crippen molar-refractivity contribution in [3.63, 3.8) is 0 Å². The quantitative estimate of drug-likeness (QED) is 0.824. The molecule has 124 valence electrons. The van der Waals surface area contributed by atoms with Crippen LogP contribution >= 0.6 is 0 Å². The zero-order valence-corrected chi connectivity index (χ0v) is 13.1. The third-order valence-corrected chi connectivity index (χ3v) is 4.20. The van der Waals surface area contributed by atoms with Gasteiger partial charge in [-0.15, -0.1) is 0 Å². The van der Waals surface area contributed by atoms with E-state index in [1.165, 1.54) is 6.20 Å². The molecule has 1 aliphatic rings. The molecule has 0 spiro atoms. The molecular weight excluding hydrogens is 298 g/mol. The normalized spacial score (nSPS) is 22.2. The second kappa shape index (κ2) is 6.51. The highest BCUT2D eigenvalue weighted by Crippen LogP contribution is 2.29. The van der Waals surface area contributed by atoms with Crippen molar-refractivity contribution in [3.05, 3.63) is 36.0 Å². The van der Waals surface area contributed by atoms with Crippen LogP contribution in [-0.4, -0.2) is 62.9 Å². The molecule has 0 unspecified atom stereocenters. The van der Waals surface area contributed by atoms with E-state index in [0.717, 1.165) is 18.7 Å². The molecule has 8 heteroatoms. The highest BCUT2D eigenvalue weighted by molar-refractivity contribution is 5.77. The summed E-state index contributed by atoms with van der Waals surface area (Å²) in [6.07, 6.45) is 4.55. The number of aromatic nitrogens is 3. The number of nitrogens with zero attached hydrogens (tertiary/aromatic N) is 4. The number of hydrogen-bond acceptors (Lipinski definition) is 6. The number of piperidine rings is 1. The van der Waals surface area contributed by atoms with Gasteiger partial charge in [-0.05, 0) is 31.5 Å². The van der Waals surface area contributed by atoms with Crippen LogP contribution in [0.25, 0.3) is 0 Å². The number of aromatic amines is 1. The predicted octanol–water partition coefficient (Wildman–Crippen LogP) is 0.340. The molecule has 1 fully saturated rings. The first kappa shape index (κ1) is 15.7. The van der Waals surface area contributed by atoms with Crippen LogP contribution in [0.4, 0.5) is 0 Å². The molecule has 1 saturated heterocycles. The van der Waals surface area contributed by atoms with Crippen LogP contribution in [0.1, 0.15) is 24.3 Å². The number of amides is 1. The van der Waals surface area contributed by atoms with Crippen molar-refractivity contribution in [3.8, 4) is 0 Å². The maximum Gasteiger partial charge on any atom is 0.236 e. The van der Waals surface area contributed by atoms with Crippen molar-refractivity contribution in [2.45, 2.75) is 25.0 Å². The Balaban J connectivity index is 1.58. The van der Waals surface area contributed by atoms with E-state index in [4.69, 9.17) is 4.42 Å². The number of likely N-dealkylation sites (tertiary alicyclic amines) is 1. The minimum Gasteiger partial charge on any atom is -0.467 e. The van der Waals surface area contributed by atoms with Crippen LogP contribution in [0.5, 0.6) is 0 Å². The maximum absolute atomic E-state index is 12.4. The molecule has 3 rings (SSSR count). The Morgan fingerprint density at radius 2 is 2.48 bits per heavy atom. The van der Waals surface area contributed by atoms with Gasteiger partial charge in [0.1, 0.15) is 17.1 Å². The number of hydrogen-bond donors (Lipinski definition) is 2. The Morgan fingerprint density at radius 1 is 1.61 bits per heavy atom. The van der Waals surface area contributed by atoms with E-state index in [1.54, 1.807) is 24.3 Å². The molecular formula is C15H21N5O3. The lowest BCUT2D eigenvalue weighted by molar-refractivity contribution is -0.133. The van der Waals surface area contributed by atoms with E-state index in [1.807, 2.05) is 11.0 Å². The molecule has 3 heterocycles. The number of carbonyl (C=O) groups excluding carboxylic acids is 1. The minimum absolute atomic E-state index is 0.00852. The molecule has 0 saturated carbocycles. The zero-order valence-electron chi connectivity index (χ0n) is 13.1. The topological polar surface area (TPSA) is 98.5 Å². The average molecular weight is 319 g/mol. The molecule has 1 atom stereocenters. The van der Waals surface area contributed by atoms with Crippen molar-refractivity contribution < 1.29 is 14.3 Å². The van der Waals surface area contributed by atoms with Crippen molar-refractivity contribution in [2.24, 2.45) is 0 Å². The van der Waals surface area contributed by atoms with Gasteiger partial charge in [0.15, 0.2) is 0 Å². The number of furan rings is 1. The molecule has 0 radical (unpaired) electrons. The number of β-amino-alcohol motifs (C(OH)–C–C–N with tert-alkyl or cyclic N) is 1. The second-order valence-corrected chi connectivity index (χ2v) is 6.03.